The Kier molecular flexibility index (Phi) is 6.21. The first-order valence-corrected chi connectivity index (χ1v) is 11.4. The molecule has 2 aromatic rings. The van der Waals surface area contributed by atoms with Gasteiger partial charge in [-0.2, -0.15) is 0 Å². The zero-order valence-corrected chi connectivity index (χ0v) is 19.3. The molecule has 2 aliphatic rings. The van der Waals surface area contributed by atoms with Crippen LogP contribution in [-0.2, 0) is 17.0 Å². The highest BCUT2D eigenvalue weighted by Gasteiger charge is 2.47. The van der Waals surface area contributed by atoms with Gasteiger partial charge in [-0.05, 0) is 80.7 Å². The topological polar surface area (TPSA) is 43.8 Å². The van der Waals surface area contributed by atoms with E-state index in [0.717, 1.165) is 25.3 Å². The van der Waals surface area contributed by atoms with Crippen LogP contribution in [-0.4, -0.2) is 42.2 Å². The summed E-state index contributed by atoms with van der Waals surface area (Å²) in [4.78, 5) is 15.5. The average Bonchev–Trinajstić information content (AvgIpc) is 2.68. The van der Waals surface area contributed by atoms with E-state index in [1.54, 1.807) is 18.2 Å². The van der Waals surface area contributed by atoms with Crippen LogP contribution in [0.5, 0.6) is 0 Å². The monoisotopic (exact) mass is 464 g/mol. The van der Waals surface area contributed by atoms with E-state index in [9.17, 15) is 9.90 Å². The number of piperidine rings is 1. The van der Waals surface area contributed by atoms with Crippen molar-refractivity contribution in [3.8, 4) is 0 Å². The molecular formula is C24H27Cl2FN2O2. The molecule has 2 heterocycles. The fourth-order valence-corrected chi connectivity index (χ4v) is 5.53. The molecule has 0 amide bonds. The number of aryl methyl sites for hydroxylation is 2. The molecule has 0 unspecified atom stereocenters. The first-order valence-electron chi connectivity index (χ1n) is 10.6. The zero-order valence-electron chi connectivity index (χ0n) is 17.8. The molecule has 1 N–H and O–H groups in total. The van der Waals surface area contributed by atoms with Gasteiger partial charge in [0.05, 0.1) is 19.0 Å². The second-order valence-electron chi connectivity index (χ2n) is 8.86. The minimum absolute atomic E-state index is 0.220. The highest BCUT2D eigenvalue weighted by atomic mass is 35.5. The highest BCUT2D eigenvalue weighted by molar-refractivity contribution is 6.36. The van der Waals surface area contributed by atoms with Crippen LogP contribution in [0.15, 0.2) is 30.3 Å². The number of carbonyl (C=O) groups is 1. The second-order valence-corrected chi connectivity index (χ2v) is 9.68. The summed E-state index contributed by atoms with van der Waals surface area (Å²) in [6.07, 6.45) is 1.39. The molecule has 0 bridgehead atoms. The Morgan fingerprint density at radius 3 is 2.19 bits per heavy atom. The molecule has 2 aliphatic heterocycles. The van der Waals surface area contributed by atoms with Gasteiger partial charge >= 0.3 is 5.97 Å². The number of benzene rings is 2. The number of aliphatic carboxylic acids is 1. The Morgan fingerprint density at radius 1 is 1.13 bits per heavy atom. The van der Waals surface area contributed by atoms with Crippen LogP contribution in [0.25, 0.3) is 0 Å². The molecule has 0 saturated carbocycles. The Morgan fingerprint density at radius 2 is 1.68 bits per heavy atom. The highest BCUT2D eigenvalue weighted by Crippen LogP contribution is 2.45. The molecule has 4 rings (SSSR count). The van der Waals surface area contributed by atoms with Crippen LogP contribution in [0.3, 0.4) is 0 Å². The molecule has 0 aliphatic carbocycles. The number of hydrogen-bond acceptors (Lipinski definition) is 3. The number of anilines is 1. The molecule has 0 atom stereocenters. The molecular weight excluding hydrogens is 438 g/mol. The maximum atomic E-state index is 15.5. The molecule has 31 heavy (non-hydrogen) atoms. The number of likely N-dealkylation sites (tertiary alicyclic amines) is 1. The first kappa shape index (κ1) is 22.4. The molecule has 0 aromatic heterocycles. The lowest BCUT2D eigenvalue weighted by Crippen LogP contribution is -2.57. The quantitative estimate of drug-likeness (QED) is 0.625. The second kappa shape index (κ2) is 8.61. The van der Waals surface area contributed by atoms with E-state index in [2.05, 4.69) is 30.9 Å². The van der Waals surface area contributed by atoms with Gasteiger partial charge in [-0.15, -0.1) is 0 Å². The van der Waals surface area contributed by atoms with Crippen molar-refractivity contribution >= 4 is 34.9 Å². The predicted molar refractivity (Wildman–Crippen MR) is 123 cm³/mol. The number of alkyl halides is 1. The van der Waals surface area contributed by atoms with Crippen LogP contribution < -0.4 is 4.90 Å². The minimum Gasteiger partial charge on any atom is -0.481 e. The molecule has 4 nitrogen and oxygen atoms in total. The van der Waals surface area contributed by atoms with Crippen molar-refractivity contribution in [2.24, 2.45) is 5.92 Å². The van der Waals surface area contributed by atoms with Gasteiger partial charge in [0.15, 0.2) is 5.67 Å². The summed E-state index contributed by atoms with van der Waals surface area (Å²) in [7, 11) is 0. The lowest BCUT2D eigenvalue weighted by Gasteiger charge is -2.47. The Hall–Kier alpha value is -1.82. The third kappa shape index (κ3) is 4.41. The molecule has 2 aromatic carbocycles. The minimum atomic E-state index is -1.55. The number of carboxylic acids is 1. The number of carboxylic acid groups (broad SMARTS) is 1. The number of halogens is 3. The van der Waals surface area contributed by atoms with Crippen molar-refractivity contribution in [1.82, 2.24) is 4.90 Å². The molecule has 166 valence electrons. The van der Waals surface area contributed by atoms with Crippen molar-refractivity contribution in [3.63, 3.8) is 0 Å². The fraction of sp³-hybridized carbons (Fsp3) is 0.458. The van der Waals surface area contributed by atoms with Crippen molar-refractivity contribution in [2.45, 2.75) is 38.9 Å². The van der Waals surface area contributed by atoms with Crippen molar-refractivity contribution in [2.75, 3.05) is 31.1 Å². The van der Waals surface area contributed by atoms with Crippen molar-refractivity contribution < 1.29 is 14.3 Å². The fourth-order valence-electron chi connectivity index (χ4n) is 4.79. The van der Waals surface area contributed by atoms with Crippen LogP contribution in [0.4, 0.5) is 10.1 Å². The van der Waals surface area contributed by atoms with E-state index in [4.69, 9.17) is 23.2 Å². The SMILES string of the molecule is Cc1cc(N2CC(F)(c3c(Cl)cccc3Cl)C2)cc(C)c1CN1CCC(C(=O)O)CC1. The van der Waals surface area contributed by atoms with Crippen LogP contribution in [0, 0.1) is 19.8 Å². The van der Waals surface area contributed by atoms with Gasteiger partial charge in [-0.1, -0.05) is 29.3 Å². The number of nitrogens with zero attached hydrogens (tertiary/aromatic N) is 2. The van der Waals surface area contributed by atoms with E-state index in [-0.39, 0.29) is 19.0 Å². The molecule has 0 spiro atoms. The third-order valence-corrected chi connectivity index (χ3v) is 7.29. The first-order chi connectivity index (χ1) is 14.7. The van der Waals surface area contributed by atoms with Crippen LogP contribution >= 0.6 is 23.2 Å². The van der Waals surface area contributed by atoms with Crippen LogP contribution in [0.2, 0.25) is 10.0 Å². The van der Waals surface area contributed by atoms with Gasteiger partial charge in [-0.3, -0.25) is 9.69 Å². The normalized spacial score (nSPS) is 19.3. The van der Waals surface area contributed by atoms with Gasteiger partial charge in [-0.25, -0.2) is 4.39 Å². The summed E-state index contributed by atoms with van der Waals surface area (Å²) in [5, 5.41) is 9.92. The third-order valence-electron chi connectivity index (χ3n) is 6.66. The Bertz CT molecular complexity index is 956. The largest absolute Gasteiger partial charge is 0.481 e. The van der Waals surface area contributed by atoms with E-state index in [0.29, 0.717) is 28.5 Å². The molecule has 2 fully saturated rings. The lowest BCUT2D eigenvalue weighted by molar-refractivity contribution is -0.143. The van der Waals surface area contributed by atoms with Gasteiger partial charge in [0.2, 0.25) is 0 Å². The summed E-state index contributed by atoms with van der Waals surface area (Å²) in [6.45, 7) is 7.02. The van der Waals surface area contributed by atoms with Crippen molar-refractivity contribution in [1.29, 1.82) is 0 Å². The standard InChI is InChI=1S/C24H27Cl2FN2O2/c1-15-10-18(29-13-24(27,14-29)22-20(25)4-3-5-21(22)26)11-16(2)19(15)12-28-8-6-17(7-9-28)23(30)31/h3-5,10-11,17H,6-9,12-14H2,1-2H3,(H,30,31). The van der Waals surface area contributed by atoms with Gasteiger partial charge in [0.1, 0.15) is 0 Å². The summed E-state index contributed by atoms with van der Waals surface area (Å²) in [6, 6.07) is 9.30. The van der Waals surface area contributed by atoms with E-state index in [1.165, 1.54) is 16.7 Å². The zero-order chi connectivity index (χ0) is 22.3. The smallest absolute Gasteiger partial charge is 0.306 e. The maximum absolute atomic E-state index is 15.5. The number of rotatable bonds is 5. The Balaban J connectivity index is 1.45. The summed E-state index contributed by atoms with van der Waals surface area (Å²) in [5.41, 5.74) is 3.43. The predicted octanol–water partition coefficient (Wildman–Crippen LogP) is 5.59. The van der Waals surface area contributed by atoms with Crippen LogP contribution in [0.1, 0.15) is 35.1 Å². The summed E-state index contributed by atoms with van der Waals surface area (Å²) < 4.78 is 15.5. The molecule has 2 saturated heterocycles. The Labute approximate surface area is 192 Å². The summed E-state index contributed by atoms with van der Waals surface area (Å²) in [5.74, 6) is -0.909. The number of hydrogen-bond donors (Lipinski definition) is 1. The van der Waals surface area contributed by atoms with E-state index in [1.807, 2.05) is 4.90 Å². The van der Waals surface area contributed by atoms with E-state index < -0.39 is 11.6 Å². The average molecular weight is 465 g/mol. The van der Waals surface area contributed by atoms with E-state index >= 15 is 4.39 Å². The lowest BCUT2D eigenvalue weighted by atomic mass is 9.86. The van der Waals surface area contributed by atoms with Crippen molar-refractivity contribution in [3.05, 3.63) is 62.6 Å². The molecule has 0 radical (unpaired) electrons. The van der Waals surface area contributed by atoms with Gasteiger partial charge in [0, 0.05) is 27.8 Å². The van der Waals surface area contributed by atoms with Gasteiger partial charge < -0.3 is 10.0 Å². The molecule has 7 heteroatoms. The summed E-state index contributed by atoms with van der Waals surface area (Å²) >= 11 is 12.5. The van der Waals surface area contributed by atoms with Gasteiger partial charge in [0.25, 0.3) is 0 Å². The maximum Gasteiger partial charge on any atom is 0.306 e.